The van der Waals surface area contributed by atoms with Crippen molar-refractivity contribution in [3.05, 3.63) is 74.0 Å². The Kier molecular flexibility index (Phi) is 8.00. The van der Waals surface area contributed by atoms with Crippen LogP contribution in [-0.4, -0.2) is 8.07 Å². The van der Waals surface area contributed by atoms with Crippen molar-refractivity contribution < 1.29 is 0 Å². The van der Waals surface area contributed by atoms with Gasteiger partial charge in [-0.2, -0.15) is 0 Å². The van der Waals surface area contributed by atoms with Gasteiger partial charge in [-0.3, -0.25) is 0 Å². The summed E-state index contributed by atoms with van der Waals surface area (Å²) in [5, 5.41) is 0.260. The van der Waals surface area contributed by atoms with Gasteiger partial charge in [-0.05, 0) is 47.9 Å². The van der Waals surface area contributed by atoms with Crippen LogP contribution < -0.4 is 0 Å². The monoisotopic (exact) mass is 556 g/mol. The molecule has 0 bridgehead atoms. The normalized spacial score (nSPS) is 13.9. The molecule has 0 atom stereocenters. The van der Waals surface area contributed by atoms with E-state index in [2.05, 4.69) is 158 Å². The van der Waals surface area contributed by atoms with Crippen LogP contribution in [-0.2, 0) is 10.8 Å². The highest BCUT2D eigenvalue weighted by Gasteiger charge is 2.39. The van der Waals surface area contributed by atoms with Gasteiger partial charge in [0.15, 0.2) is 0 Å². The molecule has 0 aliphatic heterocycles. The van der Waals surface area contributed by atoms with E-state index in [9.17, 15) is 0 Å². The van der Waals surface area contributed by atoms with Gasteiger partial charge in [0.2, 0.25) is 0 Å². The highest BCUT2D eigenvalue weighted by Crippen LogP contribution is 2.45. The van der Waals surface area contributed by atoms with Gasteiger partial charge in [0.05, 0.1) is 8.07 Å². The molecule has 2 heteroatoms. The summed E-state index contributed by atoms with van der Waals surface area (Å²) in [5.41, 5.74) is 6.49. The molecule has 32 heavy (non-hydrogen) atoms. The van der Waals surface area contributed by atoms with Gasteiger partial charge < -0.3 is 0 Å². The highest BCUT2D eigenvalue weighted by molar-refractivity contribution is 14.1. The molecule has 0 saturated carbocycles. The molecular formula is C30H41ISi. The van der Waals surface area contributed by atoms with Gasteiger partial charge in [-0.25, -0.2) is 0 Å². The van der Waals surface area contributed by atoms with Crippen molar-refractivity contribution in [3.63, 3.8) is 0 Å². The van der Waals surface area contributed by atoms with Gasteiger partial charge in [-0.15, -0.1) is 0 Å². The van der Waals surface area contributed by atoms with Crippen LogP contribution in [0.25, 0.3) is 5.57 Å². The van der Waals surface area contributed by atoms with E-state index < -0.39 is 8.07 Å². The van der Waals surface area contributed by atoms with Gasteiger partial charge in [0.25, 0.3) is 0 Å². The van der Waals surface area contributed by atoms with Crippen molar-refractivity contribution in [3.8, 4) is 11.8 Å². The van der Waals surface area contributed by atoms with Crippen LogP contribution in [0.1, 0.15) is 84.6 Å². The number of halogens is 1. The molecule has 0 saturated heterocycles. The zero-order valence-electron chi connectivity index (χ0n) is 22.0. The molecule has 0 aliphatic carbocycles. The van der Waals surface area contributed by atoms with E-state index in [1.165, 1.54) is 25.5 Å². The lowest BCUT2D eigenvalue weighted by Gasteiger charge is -2.37. The summed E-state index contributed by atoms with van der Waals surface area (Å²) in [7, 11) is -1.71. The summed E-state index contributed by atoms with van der Waals surface area (Å²) in [6, 6.07) is 17.8. The van der Waals surface area contributed by atoms with Crippen molar-refractivity contribution >= 4 is 36.2 Å². The summed E-state index contributed by atoms with van der Waals surface area (Å²) in [4.78, 5) is 0. The first-order valence-corrected chi connectivity index (χ1v) is 15.7. The molecule has 0 unspecified atom stereocenters. The zero-order valence-corrected chi connectivity index (χ0v) is 25.2. The first-order valence-electron chi connectivity index (χ1n) is 11.6. The van der Waals surface area contributed by atoms with Crippen LogP contribution in [0.15, 0.2) is 51.7 Å². The third-order valence-electron chi connectivity index (χ3n) is 6.77. The molecule has 0 N–H and O–H groups in total. The lowest BCUT2D eigenvalue weighted by Crippen LogP contribution is -2.38. The second-order valence-electron chi connectivity index (χ2n) is 12.5. The van der Waals surface area contributed by atoms with Crippen molar-refractivity contribution in [2.75, 3.05) is 0 Å². The maximum atomic E-state index is 3.60. The molecule has 172 valence electrons. The van der Waals surface area contributed by atoms with E-state index in [0.29, 0.717) is 0 Å². The number of allylic oxidation sites excluding steroid dienone is 1. The molecule has 0 heterocycles. The van der Waals surface area contributed by atoms with E-state index >= 15 is 0 Å². The van der Waals surface area contributed by atoms with E-state index in [1.807, 2.05) is 0 Å². The van der Waals surface area contributed by atoms with Gasteiger partial charge in [0.1, 0.15) is 0 Å². The molecule has 0 spiro atoms. The van der Waals surface area contributed by atoms with Crippen LogP contribution in [0.2, 0.25) is 18.1 Å². The fourth-order valence-electron chi connectivity index (χ4n) is 3.22. The minimum Gasteiger partial charge on any atom is -0.0646 e. The van der Waals surface area contributed by atoms with Crippen LogP contribution in [0, 0.1) is 11.8 Å². The third kappa shape index (κ3) is 6.38. The zero-order chi connectivity index (χ0) is 24.5. The Morgan fingerprint density at radius 1 is 0.688 bits per heavy atom. The second kappa shape index (κ2) is 9.51. The largest absolute Gasteiger partial charge is 0.0954 e. The summed E-state index contributed by atoms with van der Waals surface area (Å²) < 4.78 is 1.45. The maximum Gasteiger partial charge on any atom is 0.0954 e. The summed E-state index contributed by atoms with van der Waals surface area (Å²) in [6.07, 6.45) is 0. The number of hydrogen-bond donors (Lipinski definition) is 0. The Labute approximate surface area is 212 Å². The Hall–Kier alpha value is -1.31. The quantitative estimate of drug-likeness (QED) is 0.196. The smallest absolute Gasteiger partial charge is 0.0646 e. The lowest BCUT2D eigenvalue weighted by molar-refractivity contribution is 0.590. The Morgan fingerprint density at radius 3 is 1.47 bits per heavy atom. The first kappa shape index (κ1) is 26.9. The summed E-state index contributed by atoms with van der Waals surface area (Å²) >= 11 is 2.60. The van der Waals surface area contributed by atoms with Crippen LogP contribution in [0.5, 0.6) is 0 Å². The van der Waals surface area contributed by atoms with Crippen molar-refractivity contribution in [2.45, 2.75) is 91.3 Å². The average Bonchev–Trinajstić information content (AvgIpc) is 2.66. The van der Waals surface area contributed by atoms with Gasteiger partial charge in [-0.1, -0.05) is 146 Å². The Bertz CT molecular complexity index is 1020. The second-order valence-corrected chi connectivity index (χ2v) is 19.8. The molecule has 2 aromatic carbocycles. The van der Waals surface area contributed by atoms with Crippen LogP contribution >= 0.6 is 22.6 Å². The molecule has 0 aliphatic rings. The predicted molar refractivity (Wildman–Crippen MR) is 155 cm³/mol. The van der Waals surface area contributed by atoms with Crippen molar-refractivity contribution in [1.29, 1.82) is 0 Å². The maximum absolute atomic E-state index is 3.60. The van der Waals surface area contributed by atoms with Gasteiger partial charge >= 0.3 is 0 Å². The lowest BCUT2D eigenvalue weighted by atomic mass is 9.86. The predicted octanol–water partition coefficient (Wildman–Crippen LogP) is 9.53. The molecule has 0 fully saturated rings. The fraction of sp³-hybridized carbons (Fsp3) is 0.467. The van der Waals surface area contributed by atoms with E-state index in [1.54, 1.807) is 0 Å². The minimum atomic E-state index is -1.71. The number of rotatable bonds is 2. The Balaban J connectivity index is 2.61. The highest BCUT2D eigenvalue weighted by atomic mass is 127. The summed E-state index contributed by atoms with van der Waals surface area (Å²) in [5.74, 6) is 7.08. The first-order chi connectivity index (χ1) is 14.4. The number of benzene rings is 2. The van der Waals surface area contributed by atoms with Gasteiger partial charge in [0, 0.05) is 11.1 Å². The molecule has 0 amide bonds. The number of hydrogen-bond acceptors (Lipinski definition) is 0. The van der Waals surface area contributed by atoms with E-state index in [-0.39, 0.29) is 15.9 Å². The molecule has 0 aromatic heterocycles. The minimum absolute atomic E-state index is 0.148. The molecule has 2 rings (SSSR count). The fourth-order valence-corrected chi connectivity index (χ4v) is 7.58. The molecular weight excluding hydrogens is 515 g/mol. The van der Waals surface area contributed by atoms with E-state index in [4.69, 9.17) is 0 Å². The molecule has 2 aromatic rings. The Morgan fingerprint density at radius 2 is 1.09 bits per heavy atom. The van der Waals surface area contributed by atoms with Crippen LogP contribution in [0.3, 0.4) is 0 Å². The van der Waals surface area contributed by atoms with E-state index in [0.717, 1.165) is 5.56 Å². The molecule has 0 nitrogen and oxygen atoms in total. The third-order valence-corrected chi connectivity index (χ3v) is 16.4. The van der Waals surface area contributed by atoms with Crippen molar-refractivity contribution in [2.24, 2.45) is 0 Å². The van der Waals surface area contributed by atoms with Crippen LogP contribution in [0.4, 0.5) is 0 Å². The average molecular weight is 557 g/mol. The van der Waals surface area contributed by atoms with Crippen molar-refractivity contribution in [1.82, 2.24) is 0 Å². The SMILES string of the molecule is CC(C)(C)c1ccc(C#C/C(=C(\I)[Si](C)(C)C(C)(C)C)c2ccc(C(C)(C)C)cc2)cc1. The topological polar surface area (TPSA) is 0 Å². The molecule has 0 radical (unpaired) electrons. The summed E-state index contributed by atoms with van der Waals surface area (Å²) in [6.45, 7) is 25.6. The standard InChI is InChI=1S/C30H41ISi/c1-28(2,3)24-17-12-22(13-18-24)14-21-26(27(31)32(10,11)30(7,8)9)23-15-19-25(20-16-23)29(4,5)6/h12-13,15-20H,1-11H3/b27-26-.